The van der Waals surface area contributed by atoms with E-state index in [1.807, 2.05) is 61.5 Å². The molecule has 0 saturated heterocycles. The Morgan fingerprint density at radius 3 is 2.35 bits per heavy atom. The van der Waals surface area contributed by atoms with E-state index >= 15 is 0 Å². The molecule has 0 saturated carbocycles. The third-order valence-electron chi connectivity index (χ3n) is 2.64. The standard InChI is InChI=1S/C15H17O3PS/c1-3-17-19(20,15-10-5-4-6-11-15)18-14-9-7-8-13(12-14)16-2/h4-12H,3H2,1-2H3. The van der Waals surface area contributed by atoms with E-state index in [9.17, 15) is 0 Å². The first-order valence-electron chi connectivity index (χ1n) is 6.32. The average Bonchev–Trinajstić information content (AvgIpc) is 2.48. The second-order valence-electron chi connectivity index (χ2n) is 4.02. The zero-order chi connectivity index (χ0) is 14.4. The van der Waals surface area contributed by atoms with E-state index in [2.05, 4.69) is 0 Å². The fourth-order valence-corrected chi connectivity index (χ4v) is 4.25. The minimum absolute atomic E-state index is 0.510. The summed E-state index contributed by atoms with van der Waals surface area (Å²) in [5, 5.41) is 0.902. The van der Waals surface area contributed by atoms with Crippen molar-refractivity contribution in [1.82, 2.24) is 0 Å². The third-order valence-corrected chi connectivity index (χ3v) is 5.79. The average molecular weight is 308 g/mol. The summed E-state index contributed by atoms with van der Waals surface area (Å²) in [4.78, 5) is 0. The predicted molar refractivity (Wildman–Crippen MR) is 85.6 cm³/mol. The van der Waals surface area contributed by atoms with Gasteiger partial charge in [-0.3, -0.25) is 0 Å². The van der Waals surface area contributed by atoms with Gasteiger partial charge in [0.15, 0.2) is 0 Å². The molecule has 0 fully saturated rings. The molecule has 0 amide bonds. The summed E-state index contributed by atoms with van der Waals surface area (Å²) < 4.78 is 16.9. The Balaban J connectivity index is 2.32. The van der Waals surface area contributed by atoms with Gasteiger partial charge in [0.1, 0.15) is 11.5 Å². The van der Waals surface area contributed by atoms with Crippen molar-refractivity contribution in [3.05, 3.63) is 54.6 Å². The highest BCUT2D eigenvalue weighted by atomic mass is 32.5. The molecule has 1 atom stereocenters. The van der Waals surface area contributed by atoms with Crippen LogP contribution >= 0.6 is 6.49 Å². The highest BCUT2D eigenvalue weighted by Gasteiger charge is 2.23. The van der Waals surface area contributed by atoms with Gasteiger partial charge in [0, 0.05) is 11.4 Å². The summed E-state index contributed by atoms with van der Waals surface area (Å²) in [5.74, 6) is 1.39. The largest absolute Gasteiger partial charge is 0.497 e. The molecule has 20 heavy (non-hydrogen) atoms. The lowest BCUT2D eigenvalue weighted by molar-refractivity contribution is 0.338. The first kappa shape index (κ1) is 15.0. The molecule has 106 valence electrons. The number of hydrogen-bond acceptors (Lipinski definition) is 4. The fraction of sp³-hybridized carbons (Fsp3) is 0.200. The van der Waals surface area contributed by atoms with E-state index in [-0.39, 0.29) is 0 Å². The molecular weight excluding hydrogens is 291 g/mol. The van der Waals surface area contributed by atoms with Crippen LogP contribution in [0.25, 0.3) is 0 Å². The van der Waals surface area contributed by atoms with Crippen LogP contribution in [0.4, 0.5) is 0 Å². The molecule has 0 radical (unpaired) electrons. The maximum absolute atomic E-state index is 5.99. The smallest absolute Gasteiger partial charge is 0.269 e. The molecule has 0 aliphatic carbocycles. The fourth-order valence-electron chi connectivity index (χ4n) is 1.73. The molecule has 0 spiro atoms. The third kappa shape index (κ3) is 3.60. The summed E-state index contributed by atoms with van der Waals surface area (Å²) in [6.07, 6.45) is 0. The molecule has 0 aromatic heterocycles. The molecule has 2 aromatic rings. The van der Waals surface area contributed by atoms with E-state index in [0.29, 0.717) is 12.4 Å². The Kier molecular flexibility index (Phi) is 5.18. The zero-order valence-electron chi connectivity index (χ0n) is 11.5. The highest BCUT2D eigenvalue weighted by molar-refractivity contribution is 8.13. The van der Waals surface area contributed by atoms with Crippen molar-refractivity contribution in [2.75, 3.05) is 13.7 Å². The van der Waals surface area contributed by atoms with Crippen LogP contribution in [-0.4, -0.2) is 13.7 Å². The number of hydrogen-bond donors (Lipinski definition) is 0. The number of ether oxygens (including phenoxy) is 1. The first-order chi connectivity index (χ1) is 9.68. The summed E-state index contributed by atoms with van der Waals surface area (Å²) >= 11 is 5.65. The number of rotatable bonds is 6. The number of methoxy groups -OCH3 is 1. The van der Waals surface area contributed by atoms with Gasteiger partial charge < -0.3 is 13.8 Å². The molecule has 3 nitrogen and oxygen atoms in total. The van der Waals surface area contributed by atoms with Crippen molar-refractivity contribution in [3.63, 3.8) is 0 Å². The quantitative estimate of drug-likeness (QED) is 0.760. The first-order valence-corrected chi connectivity index (χ1v) is 8.95. The van der Waals surface area contributed by atoms with Crippen LogP contribution in [0.3, 0.4) is 0 Å². The van der Waals surface area contributed by atoms with Crippen molar-refractivity contribution >= 4 is 23.6 Å². The Morgan fingerprint density at radius 2 is 1.70 bits per heavy atom. The van der Waals surface area contributed by atoms with Gasteiger partial charge >= 0.3 is 0 Å². The molecule has 2 rings (SSSR count). The molecule has 1 unspecified atom stereocenters. The van der Waals surface area contributed by atoms with Crippen molar-refractivity contribution in [2.45, 2.75) is 6.92 Å². The van der Waals surface area contributed by atoms with Crippen molar-refractivity contribution < 1.29 is 13.8 Å². The Morgan fingerprint density at radius 1 is 1.00 bits per heavy atom. The second kappa shape index (κ2) is 6.89. The number of benzene rings is 2. The minimum Gasteiger partial charge on any atom is -0.497 e. The summed E-state index contributed by atoms with van der Waals surface area (Å²) in [6.45, 7) is -0.120. The maximum Gasteiger partial charge on any atom is 0.269 e. The van der Waals surface area contributed by atoms with E-state index in [1.54, 1.807) is 7.11 Å². The van der Waals surface area contributed by atoms with Gasteiger partial charge in [0.05, 0.1) is 13.7 Å². The Labute approximate surface area is 124 Å². The van der Waals surface area contributed by atoms with E-state index in [0.717, 1.165) is 11.1 Å². The van der Waals surface area contributed by atoms with Crippen LogP contribution in [0.1, 0.15) is 6.92 Å². The van der Waals surface area contributed by atoms with Gasteiger partial charge in [-0.1, -0.05) is 24.3 Å². The van der Waals surface area contributed by atoms with Gasteiger partial charge in [-0.15, -0.1) is 0 Å². The molecule has 2 aromatic carbocycles. The van der Waals surface area contributed by atoms with Gasteiger partial charge in [-0.05, 0) is 43.0 Å². The molecule has 0 heterocycles. The molecule has 5 heteroatoms. The van der Waals surface area contributed by atoms with Crippen LogP contribution in [0.5, 0.6) is 11.5 Å². The zero-order valence-corrected chi connectivity index (χ0v) is 13.2. The molecule has 0 aliphatic heterocycles. The lowest BCUT2D eigenvalue weighted by Crippen LogP contribution is -2.11. The monoisotopic (exact) mass is 308 g/mol. The Bertz CT molecular complexity index is 601. The van der Waals surface area contributed by atoms with Gasteiger partial charge in [-0.2, -0.15) is 0 Å². The molecule has 0 aliphatic rings. The van der Waals surface area contributed by atoms with Crippen LogP contribution in [0.15, 0.2) is 54.6 Å². The Hall–Kier alpha value is -1.35. The maximum atomic E-state index is 5.99. The van der Waals surface area contributed by atoms with Crippen molar-refractivity contribution in [3.8, 4) is 11.5 Å². The van der Waals surface area contributed by atoms with Crippen LogP contribution in [0, 0.1) is 0 Å². The second-order valence-corrected chi connectivity index (χ2v) is 7.42. The van der Waals surface area contributed by atoms with Gasteiger partial charge in [0.25, 0.3) is 6.49 Å². The summed E-state index contributed by atoms with van der Waals surface area (Å²) in [5.41, 5.74) is 0. The van der Waals surface area contributed by atoms with Gasteiger partial charge in [-0.25, -0.2) is 0 Å². The van der Waals surface area contributed by atoms with Crippen LogP contribution < -0.4 is 14.6 Å². The lowest BCUT2D eigenvalue weighted by Gasteiger charge is -2.23. The van der Waals surface area contributed by atoms with Crippen LogP contribution in [0.2, 0.25) is 0 Å². The van der Waals surface area contributed by atoms with E-state index < -0.39 is 6.49 Å². The predicted octanol–water partition coefficient (Wildman–Crippen LogP) is 3.75. The topological polar surface area (TPSA) is 27.7 Å². The van der Waals surface area contributed by atoms with Crippen molar-refractivity contribution in [1.29, 1.82) is 0 Å². The summed E-state index contributed by atoms with van der Waals surface area (Å²) in [6, 6.07) is 17.1. The summed E-state index contributed by atoms with van der Waals surface area (Å²) in [7, 11) is 1.62. The van der Waals surface area contributed by atoms with Gasteiger partial charge in [0.2, 0.25) is 0 Å². The van der Waals surface area contributed by atoms with Crippen molar-refractivity contribution in [2.24, 2.45) is 0 Å². The normalized spacial score (nSPS) is 13.5. The lowest BCUT2D eigenvalue weighted by atomic mass is 10.3. The van der Waals surface area contributed by atoms with E-state index in [4.69, 9.17) is 25.6 Å². The minimum atomic E-state index is -2.55. The molecular formula is C15H17O3PS. The highest BCUT2D eigenvalue weighted by Crippen LogP contribution is 2.47. The SMILES string of the molecule is CCOP(=S)(Oc1cccc(OC)c1)c1ccccc1. The van der Waals surface area contributed by atoms with Crippen LogP contribution in [-0.2, 0) is 16.3 Å². The molecule has 0 bridgehead atoms. The molecule has 0 N–H and O–H groups in total. The van der Waals surface area contributed by atoms with E-state index in [1.165, 1.54) is 0 Å².